The number of carboxylic acid groups (broad SMARTS) is 1. The number of hydrogen-bond donors (Lipinski definition) is 3. The molecule has 3 heterocycles. The molecule has 11 heteroatoms. The van der Waals surface area contributed by atoms with Crippen LogP contribution in [0.15, 0.2) is 66.9 Å². The summed E-state index contributed by atoms with van der Waals surface area (Å²) in [5.41, 5.74) is 3.87. The first-order chi connectivity index (χ1) is 18.7. The van der Waals surface area contributed by atoms with Gasteiger partial charge in [-0.2, -0.15) is 0 Å². The number of rotatable bonds is 7. The minimum atomic E-state index is -1.20. The molecule has 9 nitrogen and oxygen atoms in total. The molecule has 200 valence electrons. The molecule has 5 rings (SSSR count). The lowest BCUT2D eigenvalue weighted by Gasteiger charge is -2.34. The van der Waals surface area contributed by atoms with Gasteiger partial charge >= 0.3 is 6.09 Å². The Balaban J connectivity index is 1.16. The van der Waals surface area contributed by atoms with Crippen molar-refractivity contribution in [3.63, 3.8) is 0 Å². The predicted octanol–water partition coefficient (Wildman–Crippen LogP) is 4.46. The summed E-state index contributed by atoms with van der Waals surface area (Å²) < 4.78 is 19.0. The largest absolute Gasteiger partial charge is 0.484 e. The molecule has 0 saturated carbocycles. The summed E-state index contributed by atoms with van der Waals surface area (Å²) in [6, 6.07) is 14.1. The highest BCUT2D eigenvalue weighted by atomic mass is 35.5. The second-order valence-corrected chi connectivity index (χ2v) is 9.66. The zero-order chi connectivity index (χ0) is 27.5. The molecule has 0 bridgehead atoms. The van der Waals surface area contributed by atoms with Gasteiger partial charge in [0.15, 0.2) is 0 Å². The second kappa shape index (κ2) is 11.1. The van der Waals surface area contributed by atoms with Crippen LogP contribution >= 0.6 is 11.6 Å². The lowest BCUT2D eigenvalue weighted by atomic mass is 9.99. The number of alkyl halides is 1. The lowest BCUT2D eigenvalue weighted by Crippen LogP contribution is -2.51. The molecule has 0 spiro atoms. The molecule has 2 aliphatic heterocycles. The van der Waals surface area contributed by atoms with Gasteiger partial charge in [0.25, 0.3) is 5.91 Å². The average molecular weight is 551 g/mol. The molecule has 3 aromatic rings. The van der Waals surface area contributed by atoms with Crippen LogP contribution in [0.4, 0.5) is 15.0 Å². The Morgan fingerprint density at radius 1 is 1.13 bits per heavy atom. The van der Waals surface area contributed by atoms with Crippen molar-refractivity contribution in [2.45, 2.75) is 25.2 Å². The van der Waals surface area contributed by atoms with Gasteiger partial charge in [0, 0.05) is 36.4 Å². The molecule has 3 amide bonds. The minimum absolute atomic E-state index is 0.137. The van der Waals surface area contributed by atoms with Gasteiger partial charge in [0.2, 0.25) is 5.91 Å². The predicted molar refractivity (Wildman–Crippen MR) is 143 cm³/mol. The Kier molecular flexibility index (Phi) is 7.47. The highest BCUT2D eigenvalue weighted by molar-refractivity contribution is 6.32. The van der Waals surface area contributed by atoms with Crippen LogP contribution in [0.1, 0.15) is 21.5 Å². The molecule has 2 aromatic carbocycles. The third-order valence-electron chi connectivity index (χ3n) is 6.39. The van der Waals surface area contributed by atoms with E-state index in [-0.39, 0.29) is 43.4 Å². The fourth-order valence-electron chi connectivity index (χ4n) is 4.35. The molecule has 39 heavy (non-hydrogen) atoms. The third-order valence-corrected chi connectivity index (χ3v) is 6.67. The zero-order valence-corrected chi connectivity index (χ0v) is 21.3. The van der Waals surface area contributed by atoms with E-state index in [0.717, 1.165) is 16.7 Å². The van der Waals surface area contributed by atoms with Gasteiger partial charge in [-0.3, -0.25) is 14.9 Å². The van der Waals surface area contributed by atoms with Gasteiger partial charge in [-0.25, -0.2) is 14.2 Å². The van der Waals surface area contributed by atoms with E-state index in [4.69, 9.17) is 21.4 Å². The van der Waals surface area contributed by atoms with E-state index >= 15 is 0 Å². The number of likely N-dealkylation sites (tertiary alicyclic amines) is 1. The van der Waals surface area contributed by atoms with Crippen LogP contribution in [-0.4, -0.2) is 58.3 Å². The molecule has 1 aromatic heterocycles. The lowest BCUT2D eigenvalue weighted by molar-refractivity contribution is -0.116. The van der Waals surface area contributed by atoms with Gasteiger partial charge < -0.3 is 20.1 Å². The summed E-state index contributed by atoms with van der Waals surface area (Å²) >= 11 is 6.50. The van der Waals surface area contributed by atoms with Gasteiger partial charge in [-0.1, -0.05) is 29.8 Å². The van der Waals surface area contributed by atoms with E-state index < -0.39 is 12.3 Å². The highest BCUT2D eigenvalue weighted by Crippen LogP contribution is 2.40. The second-order valence-electron chi connectivity index (χ2n) is 9.25. The van der Waals surface area contributed by atoms with Crippen molar-refractivity contribution in [1.29, 1.82) is 0 Å². The fourth-order valence-corrected chi connectivity index (χ4v) is 4.64. The van der Waals surface area contributed by atoms with Crippen molar-refractivity contribution in [1.82, 2.24) is 15.2 Å². The van der Waals surface area contributed by atoms with Crippen LogP contribution < -0.4 is 15.4 Å². The van der Waals surface area contributed by atoms with Gasteiger partial charge in [0.05, 0.1) is 18.1 Å². The first-order valence-corrected chi connectivity index (χ1v) is 12.6. The molecule has 1 fully saturated rings. The Bertz CT molecular complexity index is 1440. The molecular formula is C28H24ClFN4O5. The number of nitrogens with one attached hydrogen (secondary N) is 2. The van der Waals surface area contributed by atoms with E-state index in [1.165, 1.54) is 23.2 Å². The number of carbonyl (C=O) groups excluding carboxylic acids is 2. The summed E-state index contributed by atoms with van der Waals surface area (Å²) in [5, 5.41) is 14.0. The third kappa shape index (κ3) is 6.18. The summed E-state index contributed by atoms with van der Waals surface area (Å²) in [6.07, 6.45) is 2.57. The molecule has 2 aliphatic rings. The van der Waals surface area contributed by atoms with Crippen LogP contribution in [0.2, 0.25) is 5.02 Å². The van der Waals surface area contributed by atoms with Crippen molar-refractivity contribution < 1.29 is 28.6 Å². The maximum atomic E-state index is 13.1. The fraction of sp³-hybridized carbons (Fsp3) is 0.214. The SMILES string of the molecule is O=C(O)Nc1ccc(CNC(=O)C=CC2Cc3cc(-c4ccc(C(=O)N5CC(F)C5)cc4)cc(Cl)c3O2)cn1. The normalized spacial score (nSPS) is 16.4. The van der Waals surface area contributed by atoms with E-state index in [2.05, 4.69) is 15.6 Å². The topological polar surface area (TPSA) is 121 Å². The summed E-state index contributed by atoms with van der Waals surface area (Å²) in [6.45, 7) is 0.499. The number of amides is 3. The number of pyridine rings is 1. The first-order valence-electron chi connectivity index (χ1n) is 12.2. The van der Waals surface area contributed by atoms with Crippen LogP contribution in [0.25, 0.3) is 11.1 Å². The standard InChI is InChI=1S/C28H24ClFN4O5/c29-23-11-19(17-2-4-18(5-3-17)27(36)34-14-21(30)15-34)9-20-10-22(39-26(20)23)6-8-25(35)32-13-16-1-7-24(31-12-16)33-28(37)38/h1-9,11-12,21-22H,10,13-15H2,(H,31,33)(H,32,35)(H,37,38). The molecule has 0 radical (unpaired) electrons. The smallest absolute Gasteiger partial charge is 0.410 e. The van der Waals surface area contributed by atoms with E-state index in [9.17, 15) is 18.8 Å². The average Bonchev–Trinajstić information content (AvgIpc) is 3.33. The van der Waals surface area contributed by atoms with Crippen LogP contribution in [-0.2, 0) is 17.8 Å². The van der Waals surface area contributed by atoms with Crippen molar-refractivity contribution >= 4 is 35.3 Å². The zero-order valence-electron chi connectivity index (χ0n) is 20.6. The quantitative estimate of drug-likeness (QED) is 0.373. The van der Waals surface area contributed by atoms with E-state index in [1.807, 2.05) is 18.2 Å². The van der Waals surface area contributed by atoms with Crippen molar-refractivity contribution in [3.05, 3.63) is 88.6 Å². The Hall–Kier alpha value is -4.44. The summed E-state index contributed by atoms with van der Waals surface area (Å²) in [5.74, 6) is 0.270. The van der Waals surface area contributed by atoms with Gasteiger partial charge in [-0.15, -0.1) is 0 Å². The highest BCUT2D eigenvalue weighted by Gasteiger charge is 2.31. The number of nitrogens with zero attached hydrogens (tertiary/aromatic N) is 2. The van der Waals surface area contributed by atoms with Gasteiger partial charge in [0.1, 0.15) is 23.8 Å². The number of fused-ring (bicyclic) bond motifs is 1. The molecule has 1 saturated heterocycles. The number of benzene rings is 2. The number of hydrogen-bond acceptors (Lipinski definition) is 5. The Morgan fingerprint density at radius 2 is 1.90 bits per heavy atom. The Morgan fingerprint density at radius 3 is 2.56 bits per heavy atom. The number of aromatic nitrogens is 1. The minimum Gasteiger partial charge on any atom is -0.484 e. The molecular weight excluding hydrogens is 527 g/mol. The molecule has 1 atom stereocenters. The number of anilines is 1. The maximum Gasteiger partial charge on any atom is 0.410 e. The van der Waals surface area contributed by atoms with Crippen molar-refractivity contribution in [3.8, 4) is 16.9 Å². The van der Waals surface area contributed by atoms with E-state index in [0.29, 0.717) is 28.3 Å². The van der Waals surface area contributed by atoms with Crippen LogP contribution in [0.3, 0.4) is 0 Å². The Labute approximate surface area is 228 Å². The number of carbonyl (C=O) groups is 3. The summed E-state index contributed by atoms with van der Waals surface area (Å²) in [4.78, 5) is 40.8. The monoisotopic (exact) mass is 550 g/mol. The number of halogens is 2. The first kappa shape index (κ1) is 26.2. The van der Waals surface area contributed by atoms with Crippen LogP contribution in [0, 0.1) is 0 Å². The molecule has 3 N–H and O–H groups in total. The van der Waals surface area contributed by atoms with Crippen molar-refractivity contribution in [2.75, 3.05) is 18.4 Å². The molecule has 1 unspecified atom stereocenters. The summed E-state index contributed by atoms with van der Waals surface area (Å²) in [7, 11) is 0. The molecule has 0 aliphatic carbocycles. The van der Waals surface area contributed by atoms with Crippen molar-refractivity contribution in [2.24, 2.45) is 0 Å². The maximum absolute atomic E-state index is 13.1. The van der Waals surface area contributed by atoms with Crippen LogP contribution in [0.5, 0.6) is 5.75 Å². The number of ether oxygens (including phenoxy) is 1. The van der Waals surface area contributed by atoms with E-state index in [1.54, 1.807) is 30.3 Å². The van der Waals surface area contributed by atoms with Gasteiger partial charge in [-0.05, 0) is 53.1 Å².